The number of esters is 1. The first kappa shape index (κ1) is 42.9. The molecule has 0 aliphatic carbocycles. The highest BCUT2D eigenvalue weighted by Crippen LogP contribution is 2.61. The van der Waals surface area contributed by atoms with Gasteiger partial charge in [0.05, 0.1) is 19.5 Å². The molecule has 5 rings (SSSR count). The molecule has 55 heavy (non-hydrogen) atoms. The molecule has 0 radical (unpaired) electrons. The van der Waals surface area contributed by atoms with E-state index in [0.717, 1.165) is 24.0 Å². The van der Waals surface area contributed by atoms with Crippen molar-refractivity contribution in [2.24, 2.45) is 5.41 Å². The van der Waals surface area contributed by atoms with Crippen LogP contribution in [0.5, 0.6) is 5.75 Å². The van der Waals surface area contributed by atoms with Crippen LogP contribution in [0.3, 0.4) is 0 Å². The number of anilines is 1. The van der Waals surface area contributed by atoms with Crippen LogP contribution >= 0.6 is 27.2 Å². The maximum atomic E-state index is 15.5. The van der Waals surface area contributed by atoms with Crippen LogP contribution in [-0.4, -0.2) is 97.7 Å². The number of nitrogen functional groups attached to an aromatic ring is 1. The van der Waals surface area contributed by atoms with Gasteiger partial charge in [-0.25, -0.2) is 18.5 Å². The second-order valence-electron chi connectivity index (χ2n) is 14.2. The third-order valence-electron chi connectivity index (χ3n) is 8.72. The van der Waals surface area contributed by atoms with E-state index in [-0.39, 0.29) is 34.6 Å². The lowest BCUT2D eigenvalue weighted by atomic mass is 9.99. The average molecular weight is 830 g/mol. The number of nitrogens with zero attached hydrogens (tertiary/aromatic N) is 5. The number of aliphatic hydroxyl groups excluding tert-OH is 1. The Morgan fingerprint density at radius 1 is 1.18 bits per heavy atom. The number of halogens is 2. The molecule has 7 atom stereocenters. The van der Waals surface area contributed by atoms with Crippen LogP contribution < -0.4 is 15.3 Å². The van der Waals surface area contributed by atoms with Gasteiger partial charge in [0, 0.05) is 11.9 Å². The average Bonchev–Trinajstić information content (AvgIpc) is 3.66. The lowest BCUT2D eigenvalue weighted by Gasteiger charge is -2.27. The Kier molecular flexibility index (Phi) is 13.6. The minimum absolute atomic E-state index is 0.0132. The van der Waals surface area contributed by atoms with Crippen LogP contribution in [0, 0.1) is 5.41 Å². The quantitative estimate of drug-likeness (QED) is 0.0579. The number of alkyl halides is 1. The number of ether oxygens (including phenoxy) is 2. The van der Waals surface area contributed by atoms with Crippen LogP contribution in [0.2, 0.25) is 5.28 Å². The number of rotatable bonds is 17. The molecule has 0 saturated carbocycles. The second-order valence-corrected chi connectivity index (χ2v) is 17.8. The van der Waals surface area contributed by atoms with Crippen molar-refractivity contribution in [3.05, 3.63) is 53.6 Å². The number of hydrogen-bond acceptors (Lipinski definition) is 14. The maximum absolute atomic E-state index is 15.5. The Bertz CT molecular complexity index is 2080. The van der Waals surface area contributed by atoms with Crippen molar-refractivity contribution in [1.82, 2.24) is 29.5 Å². The van der Waals surface area contributed by atoms with E-state index in [1.54, 1.807) is 24.3 Å². The number of imidazole rings is 1. The smallest absolute Gasteiger partial charge is 0.464 e. The standard InChI is InChI=1S/C34H47ClFN7O10P2/c1-7-42(8-2)16-15-22-14-13-21-11-9-10-12-23(21)28(22)52-54(46,41-20(3)32(45)49-18-34(4,5)6)53-55(47,48)50-17-24-27(44)25(36)31(51-24)43-19-38-26-29(37)39-33(35)40-30(26)43/h9-14,19-20,24-25,27,31,44H,7-8,15-18H2,1-6H3,(H,41,46)(H,47,48)(H2,37,39,40)/t20-,24+,25?,27-,31+,54?/m0/s1. The summed E-state index contributed by atoms with van der Waals surface area (Å²) in [6.45, 7) is 12.2. The number of carbonyl (C=O) groups excluding carboxylic acids is 1. The van der Waals surface area contributed by atoms with E-state index in [1.807, 2.05) is 46.8 Å². The van der Waals surface area contributed by atoms with E-state index < -0.39 is 64.2 Å². The van der Waals surface area contributed by atoms with E-state index in [1.165, 1.54) is 6.92 Å². The van der Waals surface area contributed by atoms with Gasteiger partial charge in [0.15, 0.2) is 23.9 Å². The topological polar surface area (TPSA) is 223 Å². The third-order valence-corrected chi connectivity index (χ3v) is 12.2. The first-order chi connectivity index (χ1) is 25.8. The molecule has 2 aromatic heterocycles. The number of phosphoric ester groups is 1. The number of fused-ring (bicyclic) bond motifs is 2. The minimum atomic E-state index is -5.42. The molecule has 0 amide bonds. The fraction of sp³-hybridized carbons (Fsp3) is 0.529. The summed E-state index contributed by atoms with van der Waals surface area (Å²) in [6.07, 6.45) is -5.44. The van der Waals surface area contributed by atoms with E-state index in [0.29, 0.717) is 29.3 Å². The fourth-order valence-corrected chi connectivity index (χ4v) is 8.98. The number of aromatic nitrogens is 4. The molecule has 1 saturated heterocycles. The van der Waals surface area contributed by atoms with Crippen LogP contribution in [0.25, 0.3) is 21.9 Å². The fourth-order valence-electron chi connectivity index (χ4n) is 5.79. The number of carbonyl (C=O) groups is 1. The minimum Gasteiger partial charge on any atom is -0.464 e. The predicted octanol–water partition coefficient (Wildman–Crippen LogP) is 5.58. The molecule has 1 aliphatic rings. The lowest BCUT2D eigenvalue weighted by Crippen LogP contribution is -2.36. The summed E-state index contributed by atoms with van der Waals surface area (Å²) >= 11 is 5.93. The van der Waals surface area contributed by atoms with Gasteiger partial charge in [-0.2, -0.15) is 19.4 Å². The first-order valence-electron chi connectivity index (χ1n) is 17.6. The van der Waals surface area contributed by atoms with Crippen LogP contribution in [0.15, 0.2) is 42.7 Å². The van der Waals surface area contributed by atoms with Gasteiger partial charge in [-0.1, -0.05) is 71.0 Å². The summed E-state index contributed by atoms with van der Waals surface area (Å²) in [4.78, 5) is 38.1. The van der Waals surface area contributed by atoms with Crippen molar-refractivity contribution in [2.45, 2.75) is 78.6 Å². The van der Waals surface area contributed by atoms with Gasteiger partial charge in [-0.3, -0.25) is 13.9 Å². The molecule has 302 valence electrons. The molecule has 5 N–H and O–H groups in total. The number of hydrogen-bond donors (Lipinski definition) is 4. The molecule has 1 fully saturated rings. The van der Waals surface area contributed by atoms with Crippen molar-refractivity contribution < 1.29 is 51.1 Å². The highest BCUT2D eigenvalue weighted by atomic mass is 35.5. The summed E-state index contributed by atoms with van der Waals surface area (Å²) < 4.78 is 72.4. The van der Waals surface area contributed by atoms with Gasteiger partial charge in [0.2, 0.25) is 5.28 Å². The SMILES string of the molecule is CCN(CC)CCc1ccc2ccccc2c1OP(=O)(N[C@@H](C)C(=O)OCC(C)(C)C)OP(=O)(O)OC[C@H]1O[C@@H](n2cnc3c(N)nc(Cl)nc32)C(F)[C@H]1O. The van der Waals surface area contributed by atoms with E-state index in [9.17, 15) is 23.9 Å². The Morgan fingerprint density at radius 3 is 2.58 bits per heavy atom. The molecule has 17 nitrogen and oxygen atoms in total. The van der Waals surface area contributed by atoms with Gasteiger partial charge in [0.25, 0.3) is 0 Å². The number of likely N-dealkylation sites (N-methyl/N-ethyl adjacent to an activating group) is 1. The molecular weight excluding hydrogens is 783 g/mol. The van der Waals surface area contributed by atoms with Gasteiger partial charge in [-0.15, -0.1) is 0 Å². The highest BCUT2D eigenvalue weighted by Gasteiger charge is 2.48. The Balaban J connectivity index is 1.41. The molecule has 0 bridgehead atoms. The second kappa shape index (κ2) is 17.5. The highest BCUT2D eigenvalue weighted by molar-refractivity contribution is 7.63. The van der Waals surface area contributed by atoms with Crippen LogP contribution in [-0.2, 0) is 38.7 Å². The lowest BCUT2D eigenvalue weighted by molar-refractivity contribution is -0.148. The Labute approximate surface area is 322 Å². The molecule has 21 heteroatoms. The predicted molar refractivity (Wildman–Crippen MR) is 203 cm³/mol. The van der Waals surface area contributed by atoms with Crippen LogP contribution in [0.4, 0.5) is 10.2 Å². The zero-order valence-electron chi connectivity index (χ0n) is 31.3. The Hall–Kier alpha value is -3.28. The molecule has 0 spiro atoms. The normalized spacial score (nSPS) is 21.8. The number of phosphoric acid groups is 1. The molecule has 1 aliphatic heterocycles. The summed E-state index contributed by atoms with van der Waals surface area (Å²) in [5.41, 5.74) is 6.18. The number of benzene rings is 2. The van der Waals surface area contributed by atoms with E-state index in [4.69, 9.17) is 40.2 Å². The van der Waals surface area contributed by atoms with E-state index >= 15 is 4.39 Å². The maximum Gasteiger partial charge on any atom is 0.481 e. The molecule has 3 heterocycles. The van der Waals surface area contributed by atoms with Crippen molar-refractivity contribution in [1.29, 1.82) is 0 Å². The van der Waals surface area contributed by atoms with E-state index in [2.05, 4.69) is 24.9 Å². The molecule has 2 aromatic carbocycles. The number of aliphatic hydroxyl groups is 1. The summed E-state index contributed by atoms with van der Waals surface area (Å²) in [5, 5.41) is 14.1. The van der Waals surface area contributed by atoms with Crippen molar-refractivity contribution in [2.75, 3.05) is 38.6 Å². The summed E-state index contributed by atoms with van der Waals surface area (Å²) in [7, 11) is -10.5. The van der Waals surface area contributed by atoms with Gasteiger partial charge in [-0.05, 0) is 54.4 Å². The summed E-state index contributed by atoms with van der Waals surface area (Å²) in [5.74, 6) is -0.817. The largest absolute Gasteiger partial charge is 0.481 e. The summed E-state index contributed by atoms with van der Waals surface area (Å²) in [6, 6.07) is 9.38. The van der Waals surface area contributed by atoms with Crippen molar-refractivity contribution in [3.63, 3.8) is 0 Å². The van der Waals surface area contributed by atoms with Gasteiger partial charge in [0.1, 0.15) is 29.5 Å². The van der Waals surface area contributed by atoms with Crippen molar-refractivity contribution >= 4 is 60.9 Å². The monoisotopic (exact) mass is 829 g/mol. The molecule has 4 aromatic rings. The zero-order chi connectivity index (χ0) is 40.3. The van der Waals surface area contributed by atoms with Crippen molar-refractivity contribution in [3.8, 4) is 5.75 Å². The first-order valence-corrected chi connectivity index (χ1v) is 21.0. The molecular formula is C34H47ClFN7O10P2. The molecule has 3 unspecified atom stereocenters. The third kappa shape index (κ3) is 10.6. The number of nitrogens with one attached hydrogen (secondary N) is 1. The van der Waals surface area contributed by atoms with Gasteiger partial charge < -0.3 is 34.6 Å². The van der Waals surface area contributed by atoms with Crippen LogP contribution in [0.1, 0.15) is 53.3 Å². The zero-order valence-corrected chi connectivity index (χ0v) is 33.8. The number of nitrogens with two attached hydrogens (primary N) is 1. The van der Waals surface area contributed by atoms with Gasteiger partial charge >= 0.3 is 21.5 Å². The Morgan fingerprint density at radius 2 is 1.89 bits per heavy atom.